The summed E-state index contributed by atoms with van der Waals surface area (Å²) in [6, 6.07) is 27.5. The highest BCUT2D eigenvalue weighted by Gasteiger charge is 2.30. The highest BCUT2D eigenvalue weighted by molar-refractivity contribution is 6.30. The summed E-state index contributed by atoms with van der Waals surface area (Å²) < 4.78 is 5.45. The molecule has 3 aromatic carbocycles. The summed E-state index contributed by atoms with van der Waals surface area (Å²) in [5, 5.41) is 0. The summed E-state index contributed by atoms with van der Waals surface area (Å²) in [4.78, 5) is 12.5. The molecule has 0 spiro atoms. The van der Waals surface area contributed by atoms with Crippen molar-refractivity contribution in [3.05, 3.63) is 102 Å². The van der Waals surface area contributed by atoms with Gasteiger partial charge in [0.05, 0.1) is 5.57 Å². The molecule has 0 bridgehead atoms. The lowest BCUT2D eigenvalue weighted by molar-refractivity contribution is -0.126. The van der Waals surface area contributed by atoms with Crippen molar-refractivity contribution in [1.29, 1.82) is 0 Å². The van der Waals surface area contributed by atoms with Crippen molar-refractivity contribution in [2.45, 2.75) is 0 Å². The van der Waals surface area contributed by atoms with Crippen LogP contribution in [0.2, 0.25) is 0 Å². The topological polar surface area (TPSA) is 26.3 Å². The van der Waals surface area contributed by atoms with Crippen LogP contribution in [-0.4, -0.2) is 5.97 Å². The molecular weight excluding hydrogens is 284 g/mol. The predicted octanol–water partition coefficient (Wildman–Crippen LogP) is 4.56. The van der Waals surface area contributed by atoms with E-state index in [1.165, 1.54) is 0 Å². The first-order valence-corrected chi connectivity index (χ1v) is 7.51. The number of esters is 1. The molecule has 2 nitrogen and oxygen atoms in total. The molecule has 0 amide bonds. The van der Waals surface area contributed by atoms with E-state index in [1.807, 2.05) is 84.9 Å². The maximum absolute atomic E-state index is 12.5. The molecule has 0 saturated carbocycles. The van der Waals surface area contributed by atoms with Crippen LogP contribution in [0.5, 0.6) is 5.75 Å². The molecule has 1 heterocycles. The van der Waals surface area contributed by atoms with Gasteiger partial charge >= 0.3 is 5.97 Å². The van der Waals surface area contributed by atoms with Gasteiger partial charge in [0.15, 0.2) is 0 Å². The second-order valence-electron chi connectivity index (χ2n) is 5.37. The molecule has 3 aromatic rings. The maximum atomic E-state index is 12.5. The van der Waals surface area contributed by atoms with Crippen LogP contribution in [0, 0.1) is 0 Å². The molecule has 0 unspecified atom stereocenters. The van der Waals surface area contributed by atoms with Crippen molar-refractivity contribution in [2.75, 3.05) is 0 Å². The van der Waals surface area contributed by atoms with Crippen molar-refractivity contribution >= 4 is 17.1 Å². The molecule has 0 radical (unpaired) electrons. The monoisotopic (exact) mass is 298 g/mol. The molecular formula is C21H14O2. The molecule has 0 fully saturated rings. The van der Waals surface area contributed by atoms with Gasteiger partial charge in [0.2, 0.25) is 0 Å². The highest BCUT2D eigenvalue weighted by atomic mass is 16.5. The first kappa shape index (κ1) is 13.5. The molecule has 1 aliphatic heterocycles. The molecule has 0 aromatic heterocycles. The average Bonchev–Trinajstić information content (AvgIpc) is 2.94. The zero-order valence-electron chi connectivity index (χ0n) is 12.4. The van der Waals surface area contributed by atoms with Crippen molar-refractivity contribution in [3.63, 3.8) is 0 Å². The first-order valence-electron chi connectivity index (χ1n) is 7.51. The van der Waals surface area contributed by atoms with Gasteiger partial charge in [0.1, 0.15) is 5.75 Å². The smallest absolute Gasteiger partial charge is 0.344 e. The van der Waals surface area contributed by atoms with Crippen LogP contribution in [0.25, 0.3) is 11.1 Å². The number of ether oxygens (including phenoxy) is 1. The zero-order chi connectivity index (χ0) is 15.6. The Morgan fingerprint density at radius 3 is 1.78 bits per heavy atom. The minimum atomic E-state index is -0.297. The number of carbonyl (C=O) groups excluding carboxylic acids is 1. The Labute approximate surface area is 134 Å². The summed E-state index contributed by atoms with van der Waals surface area (Å²) in [5.74, 6) is 0.325. The van der Waals surface area contributed by atoms with Gasteiger partial charge in [0.25, 0.3) is 0 Å². The number of rotatable bonds is 2. The lowest BCUT2D eigenvalue weighted by Gasteiger charge is -2.11. The molecule has 2 heteroatoms. The third-order valence-electron chi connectivity index (χ3n) is 3.94. The molecule has 23 heavy (non-hydrogen) atoms. The fraction of sp³-hybridized carbons (Fsp3) is 0. The first-order chi connectivity index (χ1) is 11.3. The van der Waals surface area contributed by atoms with E-state index in [4.69, 9.17) is 4.74 Å². The van der Waals surface area contributed by atoms with Gasteiger partial charge in [-0.3, -0.25) is 0 Å². The van der Waals surface area contributed by atoms with E-state index in [1.54, 1.807) is 0 Å². The second-order valence-corrected chi connectivity index (χ2v) is 5.37. The van der Waals surface area contributed by atoms with Crippen LogP contribution in [-0.2, 0) is 4.79 Å². The molecule has 0 atom stereocenters. The van der Waals surface area contributed by atoms with Crippen LogP contribution < -0.4 is 4.74 Å². The summed E-state index contributed by atoms with van der Waals surface area (Å²) in [6.07, 6.45) is 0. The van der Waals surface area contributed by atoms with E-state index in [9.17, 15) is 4.79 Å². The van der Waals surface area contributed by atoms with Gasteiger partial charge in [-0.15, -0.1) is 0 Å². The average molecular weight is 298 g/mol. The minimum Gasteiger partial charge on any atom is -0.422 e. The van der Waals surface area contributed by atoms with Gasteiger partial charge in [-0.05, 0) is 17.2 Å². The van der Waals surface area contributed by atoms with Crippen LogP contribution in [0.1, 0.15) is 16.7 Å². The SMILES string of the molecule is O=C1Oc2ccccc2C1=C(c1ccccc1)c1ccccc1. The Morgan fingerprint density at radius 2 is 1.17 bits per heavy atom. The predicted molar refractivity (Wildman–Crippen MR) is 90.9 cm³/mol. The highest BCUT2D eigenvalue weighted by Crippen LogP contribution is 2.41. The molecule has 4 rings (SSSR count). The van der Waals surface area contributed by atoms with E-state index in [2.05, 4.69) is 0 Å². The maximum Gasteiger partial charge on any atom is 0.344 e. The summed E-state index contributed by atoms with van der Waals surface area (Å²) >= 11 is 0. The van der Waals surface area contributed by atoms with E-state index >= 15 is 0 Å². The number of carbonyl (C=O) groups is 1. The fourth-order valence-electron chi connectivity index (χ4n) is 2.92. The number of fused-ring (bicyclic) bond motifs is 1. The van der Waals surface area contributed by atoms with E-state index in [0.717, 1.165) is 22.3 Å². The molecule has 0 saturated heterocycles. The van der Waals surface area contributed by atoms with Crippen molar-refractivity contribution in [2.24, 2.45) is 0 Å². The molecule has 0 N–H and O–H groups in total. The van der Waals surface area contributed by atoms with Crippen LogP contribution in [0.15, 0.2) is 84.9 Å². The molecule has 1 aliphatic rings. The third kappa shape index (κ3) is 2.34. The van der Waals surface area contributed by atoms with Crippen LogP contribution >= 0.6 is 0 Å². The minimum absolute atomic E-state index is 0.297. The zero-order valence-corrected chi connectivity index (χ0v) is 12.4. The Kier molecular flexibility index (Phi) is 3.28. The van der Waals surface area contributed by atoms with Crippen LogP contribution in [0.4, 0.5) is 0 Å². The summed E-state index contributed by atoms with van der Waals surface area (Å²) in [6.45, 7) is 0. The van der Waals surface area contributed by atoms with E-state index < -0.39 is 0 Å². The van der Waals surface area contributed by atoms with Crippen molar-refractivity contribution < 1.29 is 9.53 Å². The lowest BCUT2D eigenvalue weighted by atomic mass is 9.90. The number of hydrogen-bond acceptors (Lipinski definition) is 2. The number of benzene rings is 3. The molecule has 110 valence electrons. The molecule has 0 aliphatic carbocycles. The number of para-hydroxylation sites is 1. The van der Waals surface area contributed by atoms with Gasteiger partial charge < -0.3 is 4.74 Å². The quantitative estimate of drug-likeness (QED) is 0.394. The van der Waals surface area contributed by atoms with Crippen LogP contribution in [0.3, 0.4) is 0 Å². The normalized spacial score (nSPS) is 12.7. The Balaban J connectivity index is 2.05. The van der Waals surface area contributed by atoms with E-state index in [-0.39, 0.29) is 5.97 Å². The summed E-state index contributed by atoms with van der Waals surface area (Å²) in [7, 11) is 0. The fourth-order valence-corrected chi connectivity index (χ4v) is 2.92. The summed E-state index contributed by atoms with van der Waals surface area (Å²) in [5.41, 5.74) is 4.38. The van der Waals surface area contributed by atoms with Gasteiger partial charge in [-0.2, -0.15) is 0 Å². The Morgan fingerprint density at radius 1 is 0.652 bits per heavy atom. The van der Waals surface area contributed by atoms with Gasteiger partial charge in [0, 0.05) is 11.1 Å². The van der Waals surface area contributed by atoms with E-state index in [0.29, 0.717) is 11.3 Å². The third-order valence-corrected chi connectivity index (χ3v) is 3.94. The van der Waals surface area contributed by atoms with Gasteiger partial charge in [-0.1, -0.05) is 78.9 Å². The Hall–Kier alpha value is -3.13. The largest absolute Gasteiger partial charge is 0.422 e. The second kappa shape index (κ2) is 5.58. The standard InChI is InChI=1S/C21H14O2/c22-21-20(17-13-7-8-14-18(17)23-21)19(15-9-3-1-4-10-15)16-11-5-2-6-12-16/h1-14H. The van der Waals surface area contributed by atoms with Crippen molar-refractivity contribution in [3.8, 4) is 5.75 Å². The van der Waals surface area contributed by atoms with Gasteiger partial charge in [-0.25, -0.2) is 4.79 Å². The van der Waals surface area contributed by atoms with Crippen molar-refractivity contribution in [1.82, 2.24) is 0 Å². The Bertz CT molecular complexity index is 852. The number of hydrogen-bond donors (Lipinski definition) is 0. The lowest BCUT2D eigenvalue weighted by Crippen LogP contribution is -2.04.